The predicted octanol–water partition coefficient (Wildman–Crippen LogP) is 3.51. The summed E-state index contributed by atoms with van der Waals surface area (Å²) < 4.78 is 5.82. The molecule has 1 saturated heterocycles. The number of alkyl halides is 1. The number of nitrogens with zero attached hydrogens (tertiary/aromatic N) is 2. The van der Waals surface area contributed by atoms with Crippen LogP contribution in [0.15, 0.2) is 24.3 Å². The van der Waals surface area contributed by atoms with E-state index in [9.17, 15) is 9.59 Å². The van der Waals surface area contributed by atoms with Crippen molar-refractivity contribution in [2.24, 2.45) is 5.41 Å². The van der Waals surface area contributed by atoms with Crippen molar-refractivity contribution < 1.29 is 14.3 Å². The Morgan fingerprint density at radius 1 is 1.04 bits per heavy atom. The molecule has 2 rings (SSSR count). The maximum Gasteiger partial charge on any atom is 0.263 e. The van der Waals surface area contributed by atoms with E-state index in [1.54, 1.807) is 16.7 Å². The smallest absolute Gasteiger partial charge is 0.263 e. The van der Waals surface area contributed by atoms with E-state index in [1.807, 2.05) is 38.1 Å². The molecule has 27 heavy (non-hydrogen) atoms. The minimum absolute atomic E-state index is 0.0409. The fourth-order valence-corrected chi connectivity index (χ4v) is 3.17. The molecule has 0 aliphatic carbocycles. The molecule has 0 radical (unpaired) electrons. The summed E-state index contributed by atoms with van der Waals surface area (Å²) in [4.78, 5) is 28.7. The highest BCUT2D eigenvalue weighted by molar-refractivity contribution is 6.19. The fraction of sp³-hybridized carbons (Fsp3) is 0.619. The second-order valence-corrected chi connectivity index (χ2v) is 8.39. The van der Waals surface area contributed by atoms with Gasteiger partial charge in [0.15, 0.2) is 6.10 Å². The molecule has 1 atom stereocenters. The Labute approximate surface area is 167 Å². The van der Waals surface area contributed by atoms with E-state index in [2.05, 4.69) is 13.8 Å². The van der Waals surface area contributed by atoms with Crippen molar-refractivity contribution in [3.05, 3.63) is 29.8 Å². The minimum Gasteiger partial charge on any atom is -0.481 e. The van der Waals surface area contributed by atoms with Crippen LogP contribution in [0.4, 0.5) is 0 Å². The lowest BCUT2D eigenvalue weighted by Gasteiger charge is -2.38. The number of carbonyl (C=O) groups excluding carboxylic acids is 2. The van der Waals surface area contributed by atoms with Gasteiger partial charge in [-0.05, 0) is 44.4 Å². The third-order valence-electron chi connectivity index (χ3n) is 5.00. The molecular formula is C21H31ClN2O3. The molecule has 1 unspecified atom stereocenters. The lowest BCUT2D eigenvalue weighted by molar-refractivity contribution is -0.147. The summed E-state index contributed by atoms with van der Waals surface area (Å²) in [7, 11) is 0. The molecule has 6 heteroatoms. The number of amides is 2. The maximum absolute atomic E-state index is 12.7. The average molecular weight is 395 g/mol. The molecule has 1 aliphatic heterocycles. The van der Waals surface area contributed by atoms with Gasteiger partial charge in [-0.25, -0.2) is 0 Å². The molecule has 5 nitrogen and oxygen atoms in total. The number of ether oxygens (including phenoxy) is 1. The predicted molar refractivity (Wildman–Crippen MR) is 108 cm³/mol. The van der Waals surface area contributed by atoms with E-state index in [0.717, 1.165) is 0 Å². The molecule has 1 aliphatic rings. The van der Waals surface area contributed by atoms with Crippen LogP contribution in [0.25, 0.3) is 0 Å². The summed E-state index contributed by atoms with van der Waals surface area (Å²) in [6, 6.07) is 7.87. The van der Waals surface area contributed by atoms with E-state index in [-0.39, 0.29) is 17.7 Å². The van der Waals surface area contributed by atoms with Crippen molar-refractivity contribution in [1.29, 1.82) is 0 Å². The zero-order valence-corrected chi connectivity index (χ0v) is 17.8. The molecular weight excluding hydrogens is 364 g/mol. The van der Waals surface area contributed by atoms with Crippen LogP contribution in [0.1, 0.15) is 46.1 Å². The highest BCUT2D eigenvalue weighted by Crippen LogP contribution is 2.22. The molecule has 0 aromatic heterocycles. The molecule has 1 aromatic rings. The van der Waals surface area contributed by atoms with Crippen LogP contribution in [-0.2, 0) is 9.59 Å². The molecule has 1 heterocycles. The van der Waals surface area contributed by atoms with Gasteiger partial charge in [0.1, 0.15) is 5.75 Å². The van der Waals surface area contributed by atoms with Gasteiger partial charge in [-0.3, -0.25) is 9.59 Å². The van der Waals surface area contributed by atoms with E-state index in [0.29, 0.717) is 37.8 Å². The van der Waals surface area contributed by atoms with Gasteiger partial charge < -0.3 is 14.5 Å². The second-order valence-electron chi connectivity index (χ2n) is 8.12. The van der Waals surface area contributed by atoms with Gasteiger partial charge >= 0.3 is 0 Å². The van der Waals surface area contributed by atoms with E-state index in [1.165, 1.54) is 5.56 Å². The van der Waals surface area contributed by atoms with Crippen LogP contribution >= 0.6 is 11.6 Å². The average Bonchev–Trinajstić information content (AvgIpc) is 2.67. The SMILES string of the molecule is CC(Oc1ccc(C(C)C)cc1)C(=O)N1CCN(C(=O)C(C)(C)CCl)CC1. The van der Waals surface area contributed by atoms with Crippen LogP contribution in [-0.4, -0.2) is 59.8 Å². The van der Waals surface area contributed by atoms with Crippen LogP contribution in [0, 0.1) is 5.41 Å². The first-order chi connectivity index (χ1) is 12.7. The van der Waals surface area contributed by atoms with E-state index >= 15 is 0 Å². The van der Waals surface area contributed by atoms with Crippen LogP contribution in [0.3, 0.4) is 0 Å². The molecule has 1 fully saturated rings. The molecule has 0 N–H and O–H groups in total. The number of hydrogen-bond acceptors (Lipinski definition) is 3. The summed E-state index contributed by atoms with van der Waals surface area (Å²) in [6.07, 6.45) is -0.559. The molecule has 1 aromatic carbocycles. The minimum atomic E-state index is -0.577. The first kappa shape index (κ1) is 21.5. The number of carbonyl (C=O) groups is 2. The van der Waals surface area contributed by atoms with E-state index < -0.39 is 11.5 Å². The quantitative estimate of drug-likeness (QED) is 0.693. The van der Waals surface area contributed by atoms with Gasteiger partial charge in [-0.1, -0.05) is 26.0 Å². The maximum atomic E-state index is 12.7. The Kier molecular flexibility index (Phi) is 7.15. The molecule has 150 valence electrons. The Morgan fingerprint density at radius 2 is 1.56 bits per heavy atom. The summed E-state index contributed by atoms with van der Waals surface area (Å²) in [5.74, 6) is 1.43. The summed E-state index contributed by atoms with van der Waals surface area (Å²) in [5.41, 5.74) is 0.661. The number of hydrogen-bond donors (Lipinski definition) is 0. The Hall–Kier alpha value is -1.75. The van der Waals surface area contributed by atoms with Crippen molar-refractivity contribution in [2.45, 2.75) is 46.6 Å². The zero-order chi connectivity index (χ0) is 20.2. The fourth-order valence-electron chi connectivity index (χ4n) is 3.06. The molecule has 2 amide bonds. The highest BCUT2D eigenvalue weighted by Gasteiger charge is 2.34. The first-order valence-corrected chi connectivity index (χ1v) is 10.1. The number of halogens is 1. The third kappa shape index (κ3) is 5.38. The van der Waals surface area contributed by atoms with Crippen LogP contribution in [0.2, 0.25) is 0 Å². The number of piperazine rings is 1. The third-order valence-corrected chi connectivity index (χ3v) is 5.67. The lowest BCUT2D eigenvalue weighted by atomic mass is 9.94. The topological polar surface area (TPSA) is 49.9 Å². The Bertz CT molecular complexity index is 650. The Balaban J connectivity index is 1.88. The second kappa shape index (κ2) is 8.96. The number of rotatable bonds is 6. The summed E-state index contributed by atoms with van der Waals surface area (Å²) >= 11 is 5.90. The van der Waals surface area contributed by atoms with Crippen molar-refractivity contribution >= 4 is 23.4 Å². The van der Waals surface area contributed by atoms with Crippen molar-refractivity contribution in [3.63, 3.8) is 0 Å². The first-order valence-electron chi connectivity index (χ1n) is 9.56. The van der Waals surface area contributed by atoms with Gasteiger partial charge in [0, 0.05) is 32.1 Å². The van der Waals surface area contributed by atoms with Crippen molar-refractivity contribution in [2.75, 3.05) is 32.1 Å². The monoisotopic (exact) mass is 394 g/mol. The van der Waals surface area contributed by atoms with Crippen LogP contribution in [0.5, 0.6) is 5.75 Å². The van der Waals surface area contributed by atoms with Crippen molar-refractivity contribution in [1.82, 2.24) is 9.80 Å². The largest absolute Gasteiger partial charge is 0.481 e. The van der Waals surface area contributed by atoms with Gasteiger partial charge in [-0.15, -0.1) is 11.6 Å². The van der Waals surface area contributed by atoms with Gasteiger partial charge in [0.2, 0.25) is 5.91 Å². The van der Waals surface area contributed by atoms with Crippen LogP contribution < -0.4 is 4.74 Å². The number of benzene rings is 1. The van der Waals surface area contributed by atoms with Gasteiger partial charge in [0.25, 0.3) is 5.91 Å². The standard InChI is InChI=1S/C21H31ClN2O3/c1-15(2)17-6-8-18(9-7-17)27-16(3)19(25)23-10-12-24(13-11-23)20(26)21(4,5)14-22/h6-9,15-16H,10-14H2,1-5H3. The molecule has 0 saturated carbocycles. The summed E-state index contributed by atoms with van der Waals surface area (Å²) in [5, 5.41) is 0. The zero-order valence-electron chi connectivity index (χ0n) is 17.0. The summed E-state index contributed by atoms with van der Waals surface area (Å²) in [6.45, 7) is 11.8. The van der Waals surface area contributed by atoms with Crippen molar-refractivity contribution in [3.8, 4) is 5.75 Å². The lowest BCUT2D eigenvalue weighted by Crippen LogP contribution is -2.55. The van der Waals surface area contributed by atoms with Gasteiger partial charge in [0.05, 0.1) is 5.41 Å². The molecule has 0 bridgehead atoms. The highest BCUT2D eigenvalue weighted by atomic mass is 35.5. The Morgan fingerprint density at radius 3 is 2.04 bits per heavy atom. The molecule has 0 spiro atoms. The van der Waals surface area contributed by atoms with E-state index in [4.69, 9.17) is 16.3 Å². The normalized spacial score (nSPS) is 16.4. The van der Waals surface area contributed by atoms with Gasteiger partial charge in [-0.2, -0.15) is 0 Å².